The van der Waals surface area contributed by atoms with Crippen molar-refractivity contribution in [2.75, 3.05) is 11.4 Å². The fourth-order valence-corrected chi connectivity index (χ4v) is 4.11. The minimum Gasteiger partial charge on any atom is -0.312 e. The van der Waals surface area contributed by atoms with Gasteiger partial charge in [0.15, 0.2) is 5.82 Å². The molecule has 1 amide bonds. The predicted octanol–water partition coefficient (Wildman–Crippen LogP) is 3.22. The third kappa shape index (κ3) is 3.04. The number of para-hydroxylation sites is 1. The van der Waals surface area contributed by atoms with E-state index >= 15 is 0 Å². The van der Waals surface area contributed by atoms with Gasteiger partial charge in [0, 0.05) is 31.0 Å². The lowest BCUT2D eigenvalue weighted by atomic mass is 10.0. The molecule has 4 rings (SSSR count). The first-order valence-corrected chi connectivity index (χ1v) is 9.54. The molecule has 130 valence electrons. The fourth-order valence-electron chi connectivity index (χ4n) is 3.27. The molecule has 0 saturated carbocycles. The maximum Gasteiger partial charge on any atom is 0.234 e. The highest BCUT2D eigenvalue weighted by molar-refractivity contribution is 7.16. The normalized spacial score (nSPS) is 14.3. The molecule has 1 aliphatic heterocycles. The SMILES string of the molecule is CC(C)c1nnc2sc(CCC(=O)N3CCCc4ccccc43)nn12. The summed E-state index contributed by atoms with van der Waals surface area (Å²) < 4.78 is 1.81. The van der Waals surface area contributed by atoms with Gasteiger partial charge in [0.25, 0.3) is 0 Å². The quantitative estimate of drug-likeness (QED) is 0.721. The van der Waals surface area contributed by atoms with Gasteiger partial charge in [0.1, 0.15) is 5.01 Å². The maximum atomic E-state index is 12.7. The Morgan fingerprint density at radius 1 is 1.28 bits per heavy atom. The Hall–Kier alpha value is -2.28. The van der Waals surface area contributed by atoms with E-state index in [4.69, 9.17) is 0 Å². The van der Waals surface area contributed by atoms with Gasteiger partial charge in [-0.2, -0.15) is 9.61 Å². The molecule has 1 aromatic carbocycles. The number of amides is 1. The van der Waals surface area contributed by atoms with Gasteiger partial charge < -0.3 is 4.90 Å². The van der Waals surface area contributed by atoms with Crippen molar-refractivity contribution in [2.24, 2.45) is 0 Å². The average Bonchev–Trinajstić information content (AvgIpc) is 3.19. The summed E-state index contributed by atoms with van der Waals surface area (Å²) in [5, 5.41) is 13.9. The van der Waals surface area contributed by atoms with Crippen LogP contribution in [0.5, 0.6) is 0 Å². The minimum absolute atomic E-state index is 0.169. The van der Waals surface area contributed by atoms with Crippen molar-refractivity contribution in [1.82, 2.24) is 19.8 Å². The molecule has 0 aliphatic carbocycles. The zero-order chi connectivity index (χ0) is 17.4. The van der Waals surface area contributed by atoms with Crippen LogP contribution in [-0.2, 0) is 17.6 Å². The molecule has 0 saturated heterocycles. The van der Waals surface area contributed by atoms with Crippen LogP contribution < -0.4 is 4.90 Å². The van der Waals surface area contributed by atoms with Gasteiger partial charge in [-0.15, -0.1) is 10.2 Å². The Morgan fingerprint density at radius 3 is 2.96 bits per heavy atom. The molecule has 6 nitrogen and oxygen atoms in total. The second-order valence-corrected chi connectivity index (χ2v) is 7.72. The van der Waals surface area contributed by atoms with Gasteiger partial charge in [0.05, 0.1) is 0 Å². The highest BCUT2D eigenvalue weighted by Crippen LogP contribution is 2.27. The first kappa shape index (κ1) is 16.2. The van der Waals surface area contributed by atoms with Crippen LogP contribution in [0.3, 0.4) is 0 Å². The van der Waals surface area contributed by atoms with Gasteiger partial charge in [0.2, 0.25) is 10.9 Å². The summed E-state index contributed by atoms with van der Waals surface area (Å²) in [6.07, 6.45) is 3.18. The van der Waals surface area contributed by atoms with Crippen LogP contribution in [0.15, 0.2) is 24.3 Å². The van der Waals surface area contributed by atoms with E-state index < -0.39 is 0 Å². The van der Waals surface area contributed by atoms with Crippen LogP contribution in [-0.4, -0.2) is 32.3 Å². The highest BCUT2D eigenvalue weighted by atomic mass is 32.1. The Kier molecular flexibility index (Phi) is 4.25. The molecule has 3 aromatic rings. The Bertz CT molecular complexity index is 913. The zero-order valence-electron chi connectivity index (χ0n) is 14.5. The lowest BCUT2D eigenvalue weighted by molar-refractivity contribution is -0.118. The Balaban J connectivity index is 1.48. The van der Waals surface area contributed by atoms with Crippen molar-refractivity contribution in [2.45, 2.75) is 45.4 Å². The van der Waals surface area contributed by atoms with Crippen molar-refractivity contribution in [3.8, 4) is 0 Å². The van der Waals surface area contributed by atoms with Crippen LogP contribution in [0.4, 0.5) is 5.69 Å². The number of aromatic nitrogens is 4. The van der Waals surface area contributed by atoms with E-state index in [0.717, 1.165) is 40.9 Å². The van der Waals surface area contributed by atoms with Crippen LogP contribution in [0.2, 0.25) is 0 Å². The molecular formula is C18H21N5OS. The molecule has 2 aromatic heterocycles. The summed E-state index contributed by atoms with van der Waals surface area (Å²) in [7, 11) is 0. The first-order chi connectivity index (χ1) is 12.1. The van der Waals surface area contributed by atoms with Crippen molar-refractivity contribution in [3.05, 3.63) is 40.7 Å². The summed E-state index contributed by atoms with van der Waals surface area (Å²) in [5.74, 6) is 1.31. The average molecular weight is 355 g/mol. The van der Waals surface area contributed by atoms with E-state index in [1.54, 1.807) is 0 Å². The topological polar surface area (TPSA) is 63.4 Å². The van der Waals surface area contributed by atoms with Gasteiger partial charge in [-0.05, 0) is 24.5 Å². The largest absolute Gasteiger partial charge is 0.312 e. The summed E-state index contributed by atoms with van der Waals surface area (Å²) in [5.41, 5.74) is 2.33. The number of carbonyl (C=O) groups is 1. The van der Waals surface area contributed by atoms with E-state index in [-0.39, 0.29) is 11.8 Å². The van der Waals surface area contributed by atoms with E-state index in [1.807, 2.05) is 27.6 Å². The molecule has 1 aliphatic rings. The van der Waals surface area contributed by atoms with E-state index in [9.17, 15) is 4.79 Å². The molecule has 0 fully saturated rings. The number of hydrogen-bond acceptors (Lipinski definition) is 5. The second-order valence-electron chi connectivity index (χ2n) is 6.68. The fraction of sp³-hybridized carbons (Fsp3) is 0.444. The molecular weight excluding hydrogens is 334 g/mol. The van der Waals surface area contributed by atoms with E-state index in [1.165, 1.54) is 16.9 Å². The van der Waals surface area contributed by atoms with Crippen molar-refractivity contribution < 1.29 is 4.79 Å². The molecule has 3 heterocycles. The Labute approximate surface area is 150 Å². The lowest BCUT2D eigenvalue weighted by Gasteiger charge is -2.29. The minimum atomic E-state index is 0.169. The molecule has 7 heteroatoms. The third-order valence-corrected chi connectivity index (χ3v) is 5.50. The van der Waals surface area contributed by atoms with Gasteiger partial charge in [-0.3, -0.25) is 4.79 Å². The number of anilines is 1. The predicted molar refractivity (Wildman–Crippen MR) is 98.2 cm³/mol. The van der Waals surface area contributed by atoms with Crippen LogP contribution in [0.25, 0.3) is 4.96 Å². The molecule has 0 bridgehead atoms. The Morgan fingerprint density at radius 2 is 2.12 bits per heavy atom. The molecule has 25 heavy (non-hydrogen) atoms. The molecule has 0 atom stereocenters. The number of rotatable bonds is 4. The standard InChI is InChI=1S/C18H21N5OS/c1-12(2)17-19-20-18-23(17)21-15(25-18)9-10-16(24)22-11-5-7-13-6-3-4-8-14(13)22/h3-4,6,8,12H,5,7,9-11H2,1-2H3. The van der Waals surface area contributed by atoms with Crippen LogP contribution >= 0.6 is 11.3 Å². The smallest absolute Gasteiger partial charge is 0.234 e. The zero-order valence-corrected chi connectivity index (χ0v) is 15.3. The summed E-state index contributed by atoms with van der Waals surface area (Å²) in [6, 6.07) is 8.20. The molecule has 0 spiro atoms. The van der Waals surface area contributed by atoms with Crippen LogP contribution in [0, 0.1) is 0 Å². The lowest BCUT2D eigenvalue weighted by Crippen LogP contribution is -2.35. The van der Waals surface area contributed by atoms with E-state index in [2.05, 4.69) is 35.2 Å². The molecule has 0 unspecified atom stereocenters. The third-order valence-electron chi connectivity index (χ3n) is 4.54. The molecule has 0 N–H and O–H groups in total. The highest BCUT2D eigenvalue weighted by Gasteiger charge is 2.22. The monoisotopic (exact) mass is 355 g/mol. The maximum absolute atomic E-state index is 12.7. The number of nitrogens with zero attached hydrogens (tertiary/aromatic N) is 5. The number of fused-ring (bicyclic) bond motifs is 2. The second kappa shape index (κ2) is 6.55. The number of aryl methyl sites for hydroxylation is 2. The first-order valence-electron chi connectivity index (χ1n) is 8.73. The molecule has 0 radical (unpaired) electrons. The van der Waals surface area contributed by atoms with Crippen molar-refractivity contribution in [1.29, 1.82) is 0 Å². The number of hydrogen-bond donors (Lipinski definition) is 0. The van der Waals surface area contributed by atoms with Crippen molar-refractivity contribution >= 4 is 27.9 Å². The van der Waals surface area contributed by atoms with Gasteiger partial charge >= 0.3 is 0 Å². The number of carbonyl (C=O) groups excluding carboxylic acids is 1. The summed E-state index contributed by atoms with van der Waals surface area (Å²) >= 11 is 1.52. The van der Waals surface area contributed by atoms with Crippen LogP contribution in [0.1, 0.15) is 49.0 Å². The van der Waals surface area contributed by atoms with Crippen molar-refractivity contribution in [3.63, 3.8) is 0 Å². The van der Waals surface area contributed by atoms with Gasteiger partial charge in [-0.25, -0.2) is 0 Å². The number of benzene rings is 1. The van der Waals surface area contributed by atoms with Gasteiger partial charge in [-0.1, -0.05) is 43.4 Å². The van der Waals surface area contributed by atoms with E-state index in [0.29, 0.717) is 12.8 Å². The summed E-state index contributed by atoms with van der Waals surface area (Å²) in [6.45, 7) is 4.96. The summed E-state index contributed by atoms with van der Waals surface area (Å²) in [4.78, 5) is 15.5.